The van der Waals surface area contributed by atoms with Crippen LogP contribution in [0.5, 0.6) is 0 Å². The number of hydrogen-bond acceptors (Lipinski definition) is 6. The number of rotatable bonds is 4. The standard InChI is InChI=1S/C20H23N5OS/c1-13(14-5-4-8-21-11-14)22-19-23-15-6-10-27-17(15)16(24-19)18(26)25-9-7-20(2,3)12-25/h4-6,8,10-11,13H,7,9,12H2,1-3H3,(H,22,23,24). The number of nitrogens with one attached hydrogen (secondary N) is 1. The Hall–Kier alpha value is -2.54. The Morgan fingerprint density at radius 1 is 1.33 bits per heavy atom. The maximum Gasteiger partial charge on any atom is 0.274 e. The van der Waals surface area contributed by atoms with Gasteiger partial charge in [0.2, 0.25) is 5.95 Å². The van der Waals surface area contributed by atoms with E-state index in [9.17, 15) is 4.79 Å². The lowest BCUT2D eigenvalue weighted by Gasteiger charge is -2.20. The first-order valence-corrected chi connectivity index (χ1v) is 10.0. The van der Waals surface area contributed by atoms with Gasteiger partial charge in [-0.2, -0.15) is 0 Å². The summed E-state index contributed by atoms with van der Waals surface area (Å²) in [6.45, 7) is 7.96. The molecule has 27 heavy (non-hydrogen) atoms. The van der Waals surface area contributed by atoms with Gasteiger partial charge in [-0.25, -0.2) is 9.97 Å². The van der Waals surface area contributed by atoms with Gasteiger partial charge in [0.15, 0.2) is 5.69 Å². The molecule has 1 amide bonds. The summed E-state index contributed by atoms with van der Waals surface area (Å²) in [4.78, 5) is 28.4. The predicted molar refractivity (Wildman–Crippen MR) is 108 cm³/mol. The number of fused-ring (bicyclic) bond motifs is 1. The SMILES string of the molecule is CC(Nc1nc(C(=O)N2CCC(C)(C)C2)c2sccc2n1)c1cccnc1. The van der Waals surface area contributed by atoms with Crippen molar-refractivity contribution in [2.75, 3.05) is 18.4 Å². The summed E-state index contributed by atoms with van der Waals surface area (Å²) in [5, 5.41) is 5.27. The lowest BCUT2D eigenvalue weighted by Crippen LogP contribution is -2.31. The van der Waals surface area contributed by atoms with Crippen molar-refractivity contribution < 1.29 is 4.79 Å². The number of nitrogens with zero attached hydrogens (tertiary/aromatic N) is 4. The molecule has 4 rings (SSSR count). The molecule has 0 aromatic carbocycles. The van der Waals surface area contributed by atoms with E-state index in [0.717, 1.165) is 35.3 Å². The fourth-order valence-corrected chi connectivity index (χ4v) is 4.23. The van der Waals surface area contributed by atoms with E-state index in [1.54, 1.807) is 6.20 Å². The number of aromatic nitrogens is 3. The summed E-state index contributed by atoms with van der Waals surface area (Å²) in [5.74, 6) is 0.464. The second kappa shape index (κ2) is 6.88. The molecule has 7 heteroatoms. The highest BCUT2D eigenvalue weighted by Crippen LogP contribution is 2.32. The molecule has 140 valence electrons. The van der Waals surface area contributed by atoms with Gasteiger partial charge in [-0.1, -0.05) is 19.9 Å². The van der Waals surface area contributed by atoms with Crippen LogP contribution in [0.1, 0.15) is 49.3 Å². The van der Waals surface area contributed by atoms with E-state index in [1.165, 1.54) is 11.3 Å². The van der Waals surface area contributed by atoms with Gasteiger partial charge in [-0.05, 0) is 41.8 Å². The molecular formula is C20H23N5OS. The predicted octanol–water partition coefficient (Wildman–Crippen LogP) is 4.13. The molecule has 1 aliphatic heterocycles. The minimum atomic E-state index is -0.0107. The highest BCUT2D eigenvalue weighted by Gasteiger charge is 2.34. The van der Waals surface area contributed by atoms with Crippen molar-refractivity contribution in [3.05, 3.63) is 47.2 Å². The van der Waals surface area contributed by atoms with Crippen LogP contribution in [0.15, 0.2) is 36.0 Å². The van der Waals surface area contributed by atoms with E-state index in [1.807, 2.05) is 41.6 Å². The van der Waals surface area contributed by atoms with Crippen molar-refractivity contribution >= 4 is 33.4 Å². The van der Waals surface area contributed by atoms with Crippen LogP contribution in [0.25, 0.3) is 10.2 Å². The molecule has 0 bridgehead atoms. The van der Waals surface area contributed by atoms with Gasteiger partial charge in [0.1, 0.15) is 0 Å². The largest absolute Gasteiger partial charge is 0.348 e. The van der Waals surface area contributed by atoms with Crippen molar-refractivity contribution in [1.29, 1.82) is 0 Å². The quantitative estimate of drug-likeness (QED) is 0.736. The van der Waals surface area contributed by atoms with E-state index < -0.39 is 0 Å². The third-order valence-corrected chi connectivity index (χ3v) is 5.91. The van der Waals surface area contributed by atoms with Crippen molar-refractivity contribution in [3.8, 4) is 0 Å². The molecule has 0 aliphatic carbocycles. The average Bonchev–Trinajstić information content (AvgIpc) is 3.27. The summed E-state index contributed by atoms with van der Waals surface area (Å²) in [6.07, 6.45) is 4.58. The minimum absolute atomic E-state index is 0.00694. The smallest absolute Gasteiger partial charge is 0.274 e. The molecule has 0 saturated carbocycles. The molecule has 4 heterocycles. The van der Waals surface area contributed by atoms with Crippen LogP contribution in [0.2, 0.25) is 0 Å². The average molecular weight is 382 g/mol. The topological polar surface area (TPSA) is 71.0 Å². The number of pyridine rings is 1. The number of carbonyl (C=O) groups is 1. The first-order valence-electron chi connectivity index (χ1n) is 9.14. The molecule has 1 N–H and O–H groups in total. The van der Waals surface area contributed by atoms with Gasteiger partial charge in [0, 0.05) is 25.5 Å². The maximum absolute atomic E-state index is 13.2. The lowest BCUT2D eigenvalue weighted by molar-refractivity contribution is 0.0775. The lowest BCUT2D eigenvalue weighted by atomic mass is 9.93. The monoisotopic (exact) mass is 381 g/mol. The van der Waals surface area contributed by atoms with E-state index in [0.29, 0.717) is 11.6 Å². The number of hydrogen-bond donors (Lipinski definition) is 1. The van der Waals surface area contributed by atoms with Crippen molar-refractivity contribution in [1.82, 2.24) is 19.9 Å². The second-order valence-electron chi connectivity index (χ2n) is 7.82. The zero-order chi connectivity index (χ0) is 19.0. The van der Waals surface area contributed by atoms with Crippen LogP contribution in [0.4, 0.5) is 5.95 Å². The highest BCUT2D eigenvalue weighted by molar-refractivity contribution is 7.17. The fourth-order valence-electron chi connectivity index (χ4n) is 3.42. The Morgan fingerprint density at radius 2 is 2.19 bits per heavy atom. The first kappa shape index (κ1) is 17.9. The molecule has 0 spiro atoms. The number of carbonyl (C=O) groups excluding carboxylic acids is 1. The summed E-state index contributed by atoms with van der Waals surface area (Å²) >= 11 is 1.51. The molecule has 1 saturated heterocycles. The molecule has 0 radical (unpaired) electrons. The number of amides is 1. The van der Waals surface area contributed by atoms with E-state index in [4.69, 9.17) is 0 Å². The van der Waals surface area contributed by atoms with Gasteiger partial charge in [0.05, 0.1) is 16.3 Å². The number of likely N-dealkylation sites (tertiary alicyclic amines) is 1. The van der Waals surface area contributed by atoms with E-state index in [-0.39, 0.29) is 17.4 Å². The third kappa shape index (κ3) is 3.64. The number of thiophene rings is 1. The van der Waals surface area contributed by atoms with Crippen molar-refractivity contribution in [2.24, 2.45) is 5.41 Å². The third-order valence-electron chi connectivity index (χ3n) is 5.00. The van der Waals surface area contributed by atoms with Gasteiger partial charge >= 0.3 is 0 Å². The van der Waals surface area contributed by atoms with Gasteiger partial charge < -0.3 is 10.2 Å². The Bertz CT molecular complexity index is 969. The molecular weight excluding hydrogens is 358 g/mol. The van der Waals surface area contributed by atoms with Crippen LogP contribution in [0.3, 0.4) is 0 Å². The number of anilines is 1. The Labute approximate surface area is 162 Å². The zero-order valence-electron chi connectivity index (χ0n) is 15.8. The Morgan fingerprint density at radius 3 is 2.89 bits per heavy atom. The van der Waals surface area contributed by atoms with Gasteiger partial charge in [0.25, 0.3) is 5.91 Å². The molecule has 1 aliphatic rings. The molecule has 1 unspecified atom stereocenters. The maximum atomic E-state index is 13.2. The minimum Gasteiger partial charge on any atom is -0.348 e. The Balaban J connectivity index is 1.65. The molecule has 3 aromatic rings. The summed E-state index contributed by atoms with van der Waals surface area (Å²) in [7, 11) is 0. The molecule has 6 nitrogen and oxygen atoms in total. The molecule has 3 aromatic heterocycles. The second-order valence-corrected chi connectivity index (χ2v) is 8.74. The van der Waals surface area contributed by atoms with Crippen molar-refractivity contribution in [3.63, 3.8) is 0 Å². The van der Waals surface area contributed by atoms with Crippen LogP contribution >= 0.6 is 11.3 Å². The summed E-state index contributed by atoms with van der Waals surface area (Å²) in [6, 6.07) is 5.84. The van der Waals surface area contributed by atoms with Crippen molar-refractivity contribution in [2.45, 2.75) is 33.2 Å². The van der Waals surface area contributed by atoms with E-state index >= 15 is 0 Å². The summed E-state index contributed by atoms with van der Waals surface area (Å²) < 4.78 is 0.851. The van der Waals surface area contributed by atoms with Crippen LogP contribution in [-0.2, 0) is 0 Å². The summed E-state index contributed by atoms with van der Waals surface area (Å²) in [5.41, 5.74) is 2.50. The van der Waals surface area contributed by atoms with Crippen LogP contribution < -0.4 is 5.32 Å². The van der Waals surface area contributed by atoms with Gasteiger partial charge in [-0.15, -0.1) is 11.3 Å². The van der Waals surface area contributed by atoms with E-state index in [2.05, 4.69) is 34.1 Å². The zero-order valence-corrected chi connectivity index (χ0v) is 16.6. The fraction of sp³-hybridized carbons (Fsp3) is 0.400. The molecule has 1 atom stereocenters. The highest BCUT2D eigenvalue weighted by atomic mass is 32.1. The van der Waals surface area contributed by atoms with Crippen LogP contribution in [-0.4, -0.2) is 38.8 Å². The Kier molecular flexibility index (Phi) is 4.55. The first-order chi connectivity index (χ1) is 12.9. The normalized spacial score (nSPS) is 17.2. The molecule has 1 fully saturated rings. The van der Waals surface area contributed by atoms with Crippen LogP contribution in [0, 0.1) is 5.41 Å². The van der Waals surface area contributed by atoms with Gasteiger partial charge in [-0.3, -0.25) is 9.78 Å².